The number of thiazole rings is 1. The first kappa shape index (κ1) is 14.5. The predicted molar refractivity (Wildman–Crippen MR) is 89.1 cm³/mol. The van der Waals surface area contributed by atoms with Gasteiger partial charge in [-0.05, 0) is 29.8 Å². The first-order valence-corrected chi connectivity index (χ1v) is 9.34. The van der Waals surface area contributed by atoms with E-state index in [0.29, 0.717) is 11.2 Å². The summed E-state index contributed by atoms with van der Waals surface area (Å²) >= 11 is 4.52. The van der Waals surface area contributed by atoms with E-state index in [-0.39, 0.29) is 10.1 Å². The van der Waals surface area contributed by atoms with Crippen LogP contribution in [0.5, 0.6) is 0 Å². The molecule has 0 radical (unpaired) electrons. The summed E-state index contributed by atoms with van der Waals surface area (Å²) in [7, 11) is -3.47. The summed E-state index contributed by atoms with van der Waals surface area (Å²) < 4.78 is 26.7. The van der Waals surface area contributed by atoms with E-state index in [4.69, 9.17) is 5.73 Å². The molecule has 21 heavy (non-hydrogen) atoms. The molecule has 0 spiro atoms. The van der Waals surface area contributed by atoms with Gasteiger partial charge in [0.25, 0.3) is 0 Å². The van der Waals surface area contributed by atoms with Gasteiger partial charge in [0, 0.05) is 10.2 Å². The Labute approximate surface area is 134 Å². The molecule has 2 N–H and O–H groups in total. The molecule has 1 heterocycles. The Balaban J connectivity index is 2.02. The van der Waals surface area contributed by atoms with Crippen molar-refractivity contribution in [2.45, 2.75) is 10.1 Å². The molecule has 0 bridgehead atoms. The van der Waals surface area contributed by atoms with Crippen molar-refractivity contribution in [2.24, 2.45) is 0 Å². The molecule has 108 valence electrons. The Hall–Kier alpha value is -1.44. The number of hydrogen-bond acceptors (Lipinski definition) is 5. The van der Waals surface area contributed by atoms with Crippen LogP contribution in [-0.4, -0.2) is 13.4 Å². The van der Waals surface area contributed by atoms with Crippen molar-refractivity contribution in [3.63, 3.8) is 0 Å². The average molecular weight is 383 g/mol. The van der Waals surface area contributed by atoms with E-state index < -0.39 is 9.84 Å². The number of nitrogen functional groups attached to an aromatic ring is 1. The van der Waals surface area contributed by atoms with E-state index in [1.807, 2.05) is 18.2 Å². The second kappa shape index (κ2) is 5.40. The van der Waals surface area contributed by atoms with Gasteiger partial charge in [-0.1, -0.05) is 34.1 Å². The Morgan fingerprint density at radius 2 is 1.95 bits per heavy atom. The zero-order valence-electron chi connectivity index (χ0n) is 10.8. The summed E-state index contributed by atoms with van der Waals surface area (Å²) in [5.74, 6) is -0.0796. The quantitative estimate of drug-likeness (QED) is 0.702. The van der Waals surface area contributed by atoms with Crippen LogP contribution in [0.3, 0.4) is 0 Å². The highest BCUT2D eigenvalue weighted by Crippen LogP contribution is 2.30. The molecule has 0 unspecified atom stereocenters. The lowest BCUT2D eigenvalue weighted by atomic mass is 10.2. The number of sulfone groups is 1. The summed E-state index contributed by atoms with van der Waals surface area (Å²) in [6.45, 7) is 0. The summed E-state index contributed by atoms with van der Waals surface area (Å²) in [6.07, 6.45) is 0. The summed E-state index contributed by atoms with van der Waals surface area (Å²) in [5, 5.41) is 0. The molecule has 7 heteroatoms. The Morgan fingerprint density at radius 3 is 2.71 bits per heavy atom. The maximum Gasteiger partial charge on any atom is 0.210 e. The minimum absolute atomic E-state index is 0.0796. The minimum atomic E-state index is -3.47. The summed E-state index contributed by atoms with van der Waals surface area (Å²) in [5.41, 5.74) is 7.68. The number of anilines is 1. The molecule has 4 nitrogen and oxygen atoms in total. The lowest BCUT2D eigenvalue weighted by Crippen LogP contribution is -2.04. The number of nitrogens with two attached hydrogens (primary N) is 1. The van der Waals surface area contributed by atoms with Crippen LogP contribution in [0.15, 0.2) is 51.3 Å². The summed E-state index contributed by atoms with van der Waals surface area (Å²) in [6, 6.07) is 12.5. The molecule has 0 saturated carbocycles. The van der Waals surface area contributed by atoms with E-state index in [2.05, 4.69) is 20.9 Å². The number of fused-ring (bicyclic) bond motifs is 1. The van der Waals surface area contributed by atoms with Crippen molar-refractivity contribution in [3.05, 3.63) is 52.5 Å². The molecule has 1 aromatic heterocycles. The van der Waals surface area contributed by atoms with Crippen molar-refractivity contribution < 1.29 is 8.42 Å². The number of benzene rings is 2. The zero-order valence-corrected chi connectivity index (χ0v) is 14.0. The lowest BCUT2D eigenvalue weighted by Gasteiger charge is -2.03. The highest BCUT2D eigenvalue weighted by atomic mass is 79.9. The fourth-order valence-corrected chi connectivity index (χ4v) is 5.27. The topological polar surface area (TPSA) is 73.0 Å². The van der Waals surface area contributed by atoms with E-state index in [1.54, 1.807) is 24.3 Å². The number of halogens is 1. The third-order valence-corrected chi connectivity index (χ3v) is 6.87. The fourth-order valence-electron chi connectivity index (χ4n) is 1.93. The average Bonchev–Trinajstić information content (AvgIpc) is 2.85. The Kier molecular flexibility index (Phi) is 3.73. The van der Waals surface area contributed by atoms with Crippen LogP contribution < -0.4 is 5.73 Å². The second-order valence-electron chi connectivity index (χ2n) is 4.56. The van der Waals surface area contributed by atoms with Crippen molar-refractivity contribution in [1.82, 2.24) is 4.98 Å². The monoisotopic (exact) mass is 382 g/mol. The van der Waals surface area contributed by atoms with Crippen LogP contribution in [0.2, 0.25) is 0 Å². The SMILES string of the molecule is Nc1ccc2nc(S(=O)(=O)Cc3ccccc3Br)sc2c1. The van der Waals surface area contributed by atoms with Gasteiger partial charge in [0.1, 0.15) is 0 Å². The van der Waals surface area contributed by atoms with Crippen LogP contribution >= 0.6 is 27.3 Å². The number of rotatable bonds is 3. The molecule has 0 amide bonds. The Morgan fingerprint density at radius 1 is 1.19 bits per heavy atom. The van der Waals surface area contributed by atoms with Crippen molar-refractivity contribution in [3.8, 4) is 0 Å². The van der Waals surface area contributed by atoms with Crippen LogP contribution in [0.25, 0.3) is 10.2 Å². The zero-order chi connectivity index (χ0) is 15.0. The maximum absolute atomic E-state index is 12.5. The van der Waals surface area contributed by atoms with Crippen LogP contribution in [0.1, 0.15) is 5.56 Å². The van der Waals surface area contributed by atoms with Crippen molar-refractivity contribution >= 4 is 53.0 Å². The molecule has 3 rings (SSSR count). The maximum atomic E-state index is 12.5. The predicted octanol–water partition coefficient (Wildman–Crippen LogP) is 3.61. The molecule has 0 aliphatic heterocycles. The summed E-state index contributed by atoms with van der Waals surface area (Å²) in [4.78, 5) is 4.21. The van der Waals surface area contributed by atoms with Crippen LogP contribution in [-0.2, 0) is 15.6 Å². The van der Waals surface area contributed by atoms with Crippen molar-refractivity contribution in [2.75, 3.05) is 5.73 Å². The number of nitrogens with zero attached hydrogens (tertiary/aromatic N) is 1. The molecular formula is C14H11BrN2O2S2. The van der Waals surface area contributed by atoms with Gasteiger partial charge >= 0.3 is 0 Å². The van der Waals surface area contributed by atoms with E-state index in [1.165, 1.54) is 0 Å². The number of hydrogen-bond donors (Lipinski definition) is 1. The van der Waals surface area contributed by atoms with Crippen molar-refractivity contribution in [1.29, 1.82) is 0 Å². The van der Waals surface area contributed by atoms with Gasteiger partial charge in [-0.15, -0.1) is 11.3 Å². The normalized spacial score (nSPS) is 11.9. The molecule has 0 atom stereocenters. The highest BCUT2D eigenvalue weighted by molar-refractivity contribution is 9.10. The molecule has 0 saturated heterocycles. The molecule has 3 aromatic rings. The molecule has 0 fully saturated rings. The fraction of sp³-hybridized carbons (Fsp3) is 0.0714. The molecule has 0 aliphatic rings. The van der Waals surface area contributed by atoms with E-state index in [0.717, 1.165) is 26.1 Å². The molecule has 2 aromatic carbocycles. The lowest BCUT2D eigenvalue weighted by molar-refractivity contribution is 0.594. The first-order chi connectivity index (χ1) is 9.95. The smallest absolute Gasteiger partial charge is 0.210 e. The molecular weight excluding hydrogens is 372 g/mol. The second-order valence-corrected chi connectivity index (χ2v) is 8.61. The minimum Gasteiger partial charge on any atom is -0.399 e. The first-order valence-electron chi connectivity index (χ1n) is 6.08. The van der Waals surface area contributed by atoms with Gasteiger partial charge in [0.15, 0.2) is 0 Å². The van der Waals surface area contributed by atoms with Crippen LogP contribution in [0.4, 0.5) is 5.69 Å². The van der Waals surface area contributed by atoms with Gasteiger partial charge in [0.2, 0.25) is 14.2 Å². The third kappa shape index (κ3) is 2.95. The van der Waals surface area contributed by atoms with Gasteiger partial charge in [-0.25, -0.2) is 13.4 Å². The van der Waals surface area contributed by atoms with E-state index in [9.17, 15) is 8.42 Å². The standard InChI is InChI=1S/C14H11BrN2O2S2/c15-11-4-2-1-3-9(11)8-21(18,19)14-17-12-6-5-10(16)7-13(12)20-14/h1-7H,8,16H2. The third-order valence-electron chi connectivity index (χ3n) is 2.96. The van der Waals surface area contributed by atoms with Crippen LogP contribution in [0, 0.1) is 0 Å². The van der Waals surface area contributed by atoms with E-state index >= 15 is 0 Å². The van der Waals surface area contributed by atoms with Gasteiger partial charge in [-0.2, -0.15) is 0 Å². The number of aromatic nitrogens is 1. The Bertz CT molecular complexity index is 920. The highest BCUT2D eigenvalue weighted by Gasteiger charge is 2.21. The van der Waals surface area contributed by atoms with Gasteiger partial charge in [0.05, 0.1) is 16.0 Å². The largest absolute Gasteiger partial charge is 0.399 e. The molecule has 0 aliphatic carbocycles. The van der Waals surface area contributed by atoms with Gasteiger partial charge in [-0.3, -0.25) is 0 Å². The van der Waals surface area contributed by atoms with Gasteiger partial charge < -0.3 is 5.73 Å².